The predicted octanol–water partition coefficient (Wildman–Crippen LogP) is 11.2. The molecule has 0 heterocycles. The number of hydrogen-bond acceptors (Lipinski definition) is 0. The Balaban J connectivity index is 1.35. The van der Waals surface area contributed by atoms with Crippen molar-refractivity contribution in [2.45, 2.75) is 78.1 Å². The van der Waals surface area contributed by atoms with E-state index in [4.69, 9.17) is 0 Å². The monoisotopic (exact) mass is 550 g/mol. The highest BCUT2D eigenvalue weighted by atomic mass is 28.2. The highest BCUT2D eigenvalue weighted by Crippen LogP contribution is 2.45. The molecule has 6 rings (SSSR count). The minimum absolute atomic E-state index is 0.531. The van der Waals surface area contributed by atoms with E-state index in [-0.39, 0.29) is 0 Å². The zero-order valence-corrected chi connectivity index (χ0v) is 26.3. The maximum Gasteiger partial charge on any atom is 0.111 e. The van der Waals surface area contributed by atoms with Crippen LogP contribution in [0.4, 0.5) is 0 Å². The van der Waals surface area contributed by atoms with Gasteiger partial charge in [-0.25, -0.2) is 0 Å². The first-order valence-electron chi connectivity index (χ1n) is 15.6. The van der Waals surface area contributed by atoms with Crippen molar-refractivity contribution in [1.82, 2.24) is 0 Å². The number of rotatable bonds is 9. The lowest BCUT2D eigenvalue weighted by atomic mass is 9.90. The highest BCUT2D eigenvalue weighted by Gasteiger charge is 2.29. The van der Waals surface area contributed by atoms with E-state index in [2.05, 4.69) is 132 Å². The second-order valence-electron chi connectivity index (χ2n) is 12.5. The molecule has 0 fully saturated rings. The molecule has 1 atom stereocenters. The van der Waals surface area contributed by atoms with Crippen molar-refractivity contribution in [3.05, 3.63) is 129 Å². The van der Waals surface area contributed by atoms with Gasteiger partial charge in [0.2, 0.25) is 0 Å². The van der Waals surface area contributed by atoms with Crippen molar-refractivity contribution < 1.29 is 0 Å². The van der Waals surface area contributed by atoms with Crippen molar-refractivity contribution >= 4 is 21.7 Å². The number of benzene rings is 4. The molecule has 206 valence electrons. The second kappa shape index (κ2) is 11.8. The summed E-state index contributed by atoms with van der Waals surface area (Å²) >= 11 is 0. The van der Waals surface area contributed by atoms with Crippen LogP contribution in [0.3, 0.4) is 0 Å². The Hall–Kier alpha value is -3.42. The molecule has 0 aromatic heterocycles. The first-order valence-corrected chi connectivity index (χ1v) is 16.6. The largest absolute Gasteiger partial charge is 0.111 e. The average molecular weight is 551 g/mol. The fourth-order valence-corrected chi connectivity index (χ4v) is 8.14. The number of unbranched alkanes of at least 4 members (excludes halogenated alkanes) is 1. The summed E-state index contributed by atoms with van der Waals surface area (Å²) in [6.45, 7) is 11.5. The summed E-state index contributed by atoms with van der Waals surface area (Å²) in [6.07, 6.45) is 9.93. The molecular formula is C40H42Si. The van der Waals surface area contributed by atoms with E-state index in [1.54, 1.807) is 10.4 Å². The van der Waals surface area contributed by atoms with E-state index in [0.717, 1.165) is 15.9 Å². The maximum atomic E-state index is 2.57. The Bertz CT molecular complexity index is 1630. The standard InChI is InChI=1S/C40H42Si/c1-6-7-17-37-36-20-11-19-35(31-15-9-13-29(22-31)27(4)5)39(36)25-40(37)41-33-23-32-16-10-18-34(38(32)24-33)30-14-8-12-28(21-30)26(2)3/h8-16,18-22,24-27,37H,6-7,17,23H2,1-5H3. The van der Waals surface area contributed by atoms with Crippen LogP contribution in [0.15, 0.2) is 95.3 Å². The summed E-state index contributed by atoms with van der Waals surface area (Å²) in [5.41, 5.74) is 14.2. The first kappa shape index (κ1) is 27.7. The van der Waals surface area contributed by atoms with Gasteiger partial charge in [0.25, 0.3) is 0 Å². The summed E-state index contributed by atoms with van der Waals surface area (Å²) in [7, 11) is 0.741. The van der Waals surface area contributed by atoms with Crippen molar-refractivity contribution in [3.63, 3.8) is 0 Å². The third kappa shape index (κ3) is 5.57. The van der Waals surface area contributed by atoms with Gasteiger partial charge < -0.3 is 0 Å². The molecular weight excluding hydrogens is 509 g/mol. The number of fused-ring (bicyclic) bond motifs is 2. The SMILES string of the molecule is CCCCC1C([Si]C2=Cc3c(cccc3-c3cccc(C(C)C)c3)C2)=Cc2c(-c3cccc(C(C)C)c3)cccc21. The quantitative estimate of drug-likeness (QED) is 0.182. The highest BCUT2D eigenvalue weighted by molar-refractivity contribution is 6.57. The van der Waals surface area contributed by atoms with Gasteiger partial charge in [0.15, 0.2) is 0 Å². The van der Waals surface area contributed by atoms with Crippen LogP contribution in [0.1, 0.15) is 105 Å². The van der Waals surface area contributed by atoms with Crippen molar-refractivity contribution in [2.24, 2.45) is 0 Å². The van der Waals surface area contributed by atoms with E-state index in [9.17, 15) is 0 Å². The van der Waals surface area contributed by atoms with Gasteiger partial charge in [0.05, 0.1) is 0 Å². The van der Waals surface area contributed by atoms with Crippen molar-refractivity contribution in [2.75, 3.05) is 0 Å². The molecule has 4 aromatic rings. The lowest BCUT2D eigenvalue weighted by Gasteiger charge is -2.18. The van der Waals surface area contributed by atoms with Crippen molar-refractivity contribution in [1.29, 1.82) is 0 Å². The van der Waals surface area contributed by atoms with E-state index < -0.39 is 0 Å². The van der Waals surface area contributed by atoms with Crippen molar-refractivity contribution in [3.8, 4) is 22.3 Å². The first-order chi connectivity index (χ1) is 19.9. The molecule has 0 spiro atoms. The second-order valence-corrected chi connectivity index (χ2v) is 14.0. The van der Waals surface area contributed by atoms with Crippen LogP contribution >= 0.6 is 0 Å². The molecule has 41 heavy (non-hydrogen) atoms. The molecule has 1 unspecified atom stereocenters. The summed E-state index contributed by atoms with van der Waals surface area (Å²) in [5.74, 6) is 1.60. The van der Waals surface area contributed by atoms with Crippen LogP contribution in [0.5, 0.6) is 0 Å². The minimum atomic E-state index is 0.531. The number of hydrogen-bond donors (Lipinski definition) is 0. The fraction of sp³-hybridized carbons (Fsp3) is 0.300. The van der Waals surface area contributed by atoms with Gasteiger partial charge in [-0.3, -0.25) is 0 Å². The molecule has 0 bridgehead atoms. The molecule has 4 aromatic carbocycles. The molecule has 0 amide bonds. The predicted molar refractivity (Wildman–Crippen MR) is 180 cm³/mol. The molecule has 0 N–H and O–H groups in total. The van der Waals surface area contributed by atoms with Gasteiger partial charge >= 0.3 is 0 Å². The van der Waals surface area contributed by atoms with Crippen LogP contribution in [0.25, 0.3) is 34.4 Å². The van der Waals surface area contributed by atoms with Crippen LogP contribution in [0, 0.1) is 0 Å². The van der Waals surface area contributed by atoms with Crippen LogP contribution in [0.2, 0.25) is 0 Å². The summed E-state index contributed by atoms with van der Waals surface area (Å²) < 4.78 is 0. The Morgan fingerprint density at radius 2 is 1.32 bits per heavy atom. The van der Waals surface area contributed by atoms with E-state index in [1.807, 2.05) is 0 Å². The molecule has 0 aliphatic heterocycles. The van der Waals surface area contributed by atoms with Gasteiger partial charge in [0.1, 0.15) is 9.52 Å². The zero-order valence-electron chi connectivity index (χ0n) is 25.3. The molecule has 2 radical (unpaired) electrons. The third-order valence-electron chi connectivity index (χ3n) is 8.97. The Labute approximate surface area is 250 Å². The Morgan fingerprint density at radius 1 is 0.707 bits per heavy atom. The minimum Gasteiger partial charge on any atom is -0.0748 e. The lowest BCUT2D eigenvalue weighted by Crippen LogP contribution is -2.08. The topological polar surface area (TPSA) is 0 Å². The molecule has 0 saturated carbocycles. The van der Waals surface area contributed by atoms with Crippen LogP contribution < -0.4 is 0 Å². The van der Waals surface area contributed by atoms with Crippen LogP contribution in [-0.4, -0.2) is 9.52 Å². The molecule has 0 saturated heterocycles. The Kier molecular flexibility index (Phi) is 8.00. The van der Waals surface area contributed by atoms with Gasteiger partial charge in [0, 0.05) is 5.92 Å². The molecule has 2 aliphatic rings. The third-order valence-corrected chi connectivity index (χ3v) is 10.4. The average Bonchev–Trinajstić information content (AvgIpc) is 3.56. The summed E-state index contributed by atoms with van der Waals surface area (Å²) in [6, 6.07) is 32.3. The van der Waals surface area contributed by atoms with Gasteiger partial charge in [-0.2, -0.15) is 0 Å². The van der Waals surface area contributed by atoms with Gasteiger partial charge in [-0.1, -0.05) is 155 Å². The normalized spacial score (nSPS) is 15.7. The van der Waals surface area contributed by atoms with E-state index in [1.165, 1.54) is 74.9 Å². The van der Waals surface area contributed by atoms with E-state index in [0.29, 0.717) is 17.8 Å². The Morgan fingerprint density at radius 3 is 1.95 bits per heavy atom. The maximum absolute atomic E-state index is 2.57. The molecule has 0 nitrogen and oxygen atoms in total. The fourth-order valence-electron chi connectivity index (χ4n) is 6.58. The van der Waals surface area contributed by atoms with Gasteiger partial charge in [-0.05, 0) is 80.3 Å². The van der Waals surface area contributed by atoms with Gasteiger partial charge in [-0.15, -0.1) is 0 Å². The van der Waals surface area contributed by atoms with Crippen LogP contribution in [-0.2, 0) is 6.42 Å². The van der Waals surface area contributed by atoms with E-state index >= 15 is 0 Å². The summed E-state index contributed by atoms with van der Waals surface area (Å²) in [5, 5.41) is 3.21. The summed E-state index contributed by atoms with van der Waals surface area (Å²) in [4.78, 5) is 0. The zero-order chi connectivity index (χ0) is 28.5. The molecule has 2 aliphatic carbocycles. The lowest BCUT2D eigenvalue weighted by molar-refractivity contribution is 0.663. The number of allylic oxidation sites excluding steroid dienone is 2. The molecule has 1 heteroatoms. The smallest absolute Gasteiger partial charge is 0.0748 e.